The zero-order valence-electron chi connectivity index (χ0n) is 11.2. The van der Waals surface area contributed by atoms with Gasteiger partial charge in [0.1, 0.15) is 17.2 Å². The number of hydrogen-bond donors (Lipinski definition) is 1. The standard InChI is InChI=1S/C14H18F2N2O/c1-9-5-6-11(15)12(13(9)16)14(19)18(2)8-10-4-3-7-17-10/h5-6,10,17H,3-4,7-8H2,1-2H3. The van der Waals surface area contributed by atoms with E-state index in [4.69, 9.17) is 0 Å². The van der Waals surface area contributed by atoms with Crippen LogP contribution in [-0.2, 0) is 0 Å². The van der Waals surface area contributed by atoms with Gasteiger partial charge in [-0.2, -0.15) is 0 Å². The summed E-state index contributed by atoms with van der Waals surface area (Å²) in [5, 5.41) is 3.25. The highest BCUT2D eigenvalue weighted by atomic mass is 19.1. The number of hydrogen-bond acceptors (Lipinski definition) is 2. The number of carbonyl (C=O) groups is 1. The Hall–Kier alpha value is -1.49. The van der Waals surface area contributed by atoms with Crippen molar-refractivity contribution in [2.75, 3.05) is 20.1 Å². The van der Waals surface area contributed by atoms with Crippen molar-refractivity contribution in [2.24, 2.45) is 0 Å². The predicted octanol–water partition coefficient (Wildman–Crippen LogP) is 2.10. The maximum absolute atomic E-state index is 13.9. The number of rotatable bonds is 3. The molecule has 0 bridgehead atoms. The van der Waals surface area contributed by atoms with Crippen LogP contribution in [0, 0.1) is 18.6 Å². The normalized spacial score (nSPS) is 18.6. The van der Waals surface area contributed by atoms with E-state index in [1.165, 1.54) is 17.9 Å². The first-order valence-electron chi connectivity index (χ1n) is 6.44. The monoisotopic (exact) mass is 268 g/mol. The summed E-state index contributed by atoms with van der Waals surface area (Å²) < 4.78 is 27.5. The van der Waals surface area contributed by atoms with Crippen molar-refractivity contribution in [1.29, 1.82) is 0 Å². The van der Waals surface area contributed by atoms with Crippen molar-refractivity contribution in [3.8, 4) is 0 Å². The number of benzene rings is 1. The van der Waals surface area contributed by atoms with Crippen LogP contribution < -0.4 is 5.32 Å². The van der Waals surface area contributed by atoms with Gasteiger partial charge < -0.3 is 10.2 Å². The number of amides is 1. The van der Waals surface area contributed by atoms with Gasteiger partial charge in [0.15, 0.2) is 0 Å². The SMILES string of the molecule is Cc1ccc(F)c(C(=O)N(C)CC2CCCN2)c1F. The zero-order chi connectivity index (χ0) is 14.0. The molecule has 0 spiro atoms. The lowest BCUT2D eigenvalue weighted by molar-refractivity contribution is 0.0774. The zero-order valence-corrected chi connectivity index (χ0v) is 11.2. The second kappa shape index (κ2) is 5.65. The minimum absolute atomic E-state index is 0.213. The molecule has 1 atom stereocenters. The Morgan fingerprint density at radius 1 is 1.47 bits per heavy atom. The number of likely N-dealkylation sites (N-methyl/N-ethyl adjacent to an activating group) is 1. The molecule has 2 rings (SSSR count). The van der Waals surface area contributed by atoms with E-state index in [0.29, 0.717) is 6.54 Å². The summed E-state index contributed by atoms with van der Waals surface area (Å²) in [6, 6.07) is 2.68. The molecule has 1 amide bonds. The first-order valence-corrected chi connectivity index (χ1v) is 6.44. The van der Waals surface area contributed by atoms with Gasteiger partial charge in [-0.15, -0.1) is 0 Å². The molecule has 0 aliphatic carbocycles. The van der Waals surface area contributed by atoms with Crippen LogP contribution in [0.5, 0.6) is 0 Å². The Bertz CT molecular complexity index is 485. The fourth-order valence-corrected chi connectivity index (χ4v) is 2.37. The lowest BCUT2D eigenvalue weighted by Gasteiger charge is -2.22. The number of halogens is 2. The topological polar surface area (TPSA) is 32.3 Å². The van der Waals surface area contributed by atoms with Crippen molar-refractivity contribution in [1.82, 2.24) is 10.2 Å². The molecular formula is C14H18F2N2O. The van der Waals surface area contributed by atoms with Gasteiger partial charge in [0, 0.05) is 19.6 Å². The smallest absolute Gasteiger partial charge is 0.259 e. The van der Waals surface area contributed by atoms with Gasteiger partial charge in [-0.3, -0.25) is 4.79 Å². The molecule has 1 N–H and O–H groups in total. The molecular weight excluding hydrogens is 250 g/mol. The van der Waals surface area contributed by atoms with Gasteiger partial charge in [-0.05, 0) is 37.9 Å². The van der Waals surface area contributed by atoms with Gasteiger partial charge >= 0.3 is 0 Å². The Labute approximate surface area is 111 Å². The Morgan fingerprint density at radius 2 is 2.21 bits per heavy atom. The van der Waals surface area contributed by atoms with Crippen LogP contribution >= 0.6 is 0 Å². The molecule has 0 radical (unpaired) electrons. The molecule has 19 heavy (non-hydrogen) atoms. The number of nitrogens with zero attached hydrogens (tertiary/aromatic N) is 1. The van der Waals surface area contributed by atoms with Crippen molar-refractivity contribution < 1.29 is 13.6 Å². The third-order valence-corrected chi connectivity index (χ3v) is 3.50. The number of aryl methyl sites for hydroxylation is 1. The van der Waals surface area contributed by atoms with Crippen molar-refractivity contribution in [3.63, 3.8) is 0 Å². The third kappa shape index (κ3) is 2.92. The summed E-state index contributed by atoms with van der Waals surface area (Å²) >= 11 is 0. The quantitative estimate of drug-likeness (QED) is 0.910. The van der Waals surface area contributed by atoms with Crippen LogP contribution in [0.2, 0.25) is 0 Å². The van der Waals surface area contributed by atoms with E-state index < -0.39 is 23.1 Å². The van der Waals surface area contributed by atoms with Crippen LogP contribution in [0.3, 0.4) is 0 Å². The molecule has 1 aromatic carbocycles. The van der Waals surface area contributed by atoms with Crippen LogP contribution in [0.25, 0.3) is 0 Å². The first kappa shape index (κ1) is 13.9. The maximum atomic E-state index is 13.9. The molecule has 1 heterocycles. The van der Waals surface area contributed by atoms with E-state index >= 15 is 0 Å². The minimum atomic E-state index is -0.806. The molecule has 1 fully saturated rings. The maximum Gasteiger partial charge on any atom is 0.259 e. The molecule has 104 valence electrons. The summed E-state index contributed by atoms with van der Waals surface area (Å²) in [6.07, 6.45) is 2.05. The van der Waals surface area contributed by atoms with Gasteiger partial charge in [0.2, 0.25) is 0 Å². The van der Waals surface area contributed by atoms with E-state index in [1.807, 2.05) is 0 Å². The van der Waals surface area contributed by atoms with E-state index in [1.54, 1.807) is 7.05 Å². The molecule has 1 aromatic rings. The molecule has 0 saturated carbocycles. The van der Waals surface area contributed by atoms with Crippen LogP contribution in [0.15, 0.2) is 12.1 Å². The Morgan fingerprint density at radius 3 is 2.84 bits per heavy atom. The highest BCUT2D eigenvalue weighted by molar-refractivity contribution is 5.94. The van der Waals surface area contributed by atoms with Gasteiger partial charge in [-0.1, -0.05) is 6.07 Å². The van der Waals surface area contributed by atoms with Crippen LogP contribution in [0.4, 0.5) is 8.78 Å². The lowest BCUT2D eigenvalue weighted by atomic mass is 10.1. The van der Waals surface area contributed by atoms with E-state index in [0.717, 1.165) is 25.5 Å². The summed E-state index contributed by atoms with van der Waals surface area (Å²) in [4.78, 5) is 13.5. The second-order valence-electron chi connectivity index (χ2n) is 5.03. The van der Waals surface area contributed by atoms with Crippen molar-refractivity contribution in [3.05, 3.63) is 34.9 Å². The van der Waals surface area contributed by atoms with Crippen LogP contribution in [-0.4, -0.2) is 37.0 Å². The highest BCUT2D eigenvalue weighted by Crippen LogP contribution is 2.18. The molecule has 0 aromatic heterocycles. The Kier molecular flexibility index (Phi) is 4.14. The number of carbonyl (C=O) groups excluding carboxylic acids is 1. The van der Waals surface area contributed by atoms with Crippen molar-refractivity contribution >= 4 is 5.91 Å². The molecule has 1 saturated heterocycles. The molecule has 1 aliphatic heterocycles. The summed E-state index contributed by atoms with van der Waals surface area (Å²) in [5.74, 6) is -2.18. The molecule has 1 unspecified atom stereocenters. The average Bonchev–Trinajstić information content (AvgIpc) is 2.87. The summed E-state index contributed by atoms with van der Waals surface area (Å²) in [6.45, 7) is 2.91. The fraction of sp³-hybridized carbons (Fsp3) is 0.500. The largest absolute Gasteiger partial charge is 0.340 e. The molecule has 3 nitrogen and oxygen atoms in total. The van der Waals surface area contributed by atoms with E-state index in [9.17, 15) is 13.6 Å². The third-order valence-electron chi connectivity index (χ3n) is 3.50. The molecule has 1 aliphatic rings. The minimum Gasteiger partial charge on any atom is -0.340 e. The first-order chi connectivity index (χ1) is 9.00. The van der Waals surface area contributed by atoms with Crippen LogP contribution in [0.1, 0.15) is 28.8 Å². The highest BCUT2D eigenvalue weighted by Gasteiger charge is 2.25. The lowest BCUT2D eigenvalue weighted by Crippen LogP contribution is -2.39. The van der Waals surface area contributed by atoms with E-state index in [-0.39, 0.29) is 11.6 Å². The van der Waals surface area contributed by atoms with Gasteiger partial charge in [0.25, 0.3) is 5.91 Å². The Balaban J connectivity index is 2.16. The molecule has 5 heteroatoms. The fourth-order valence-electron chi connectivity index (χ4n) is 2.37. The van der Waals surface area contributed by atoms with Gasteiger partial charge in [0.05, 0.1) is 0 Å². The second-order valence-corrected chi connectivity index (χ2v) is 5.03. The average molecular weight is 268 g/mol. The van der Waals surface area contributed by atoms with E-state index in [2.05, 4.69) is 5.32 Å². The summed E-state index contributed by atoms with van der Waals surface area (Å²) in [7, 11) is 1.57. The number of nitrogens with one attached hydrogen (secondary N) is 1. The summed E-state index contributed by atoms with van der Waals surface area (Å²) in [5.41, 5.74) is -0.183. The van der Waals surface area contributed by atoms with Gasteiger partial charge in [-0.25, -0.2) is 8.78 Å². The predicted molar refractivity (Wildman–Crippen MR) is 69.1 cm³/mol. The van der Waals surface area contributed by atoms with Crippen molar-refractivity contribution in [2.45, 2.75) is 25.8 Å².